The molecule has 140 valence electrons. The van der Waals surface area contributed by atoms with Crippen LogP contribution in [0.4, 0.5) is 0 Å². The molecule has 0 aliphatic carbocycles. The molecule has 0 atom stereocenters. The van der Waals surface area contributed by atoms with Gasteiger partial charge in [0.1, 0.15) is 11.9 Å². The summed E-state index contributed by atoms with van der Waals surface area (Å²) in [6, 6.07) is 15.2. The van der Waals surface area contributed by atoms with Crippen molar-refractivity contribution in [3.8, 4) is 17.2 Å². The quantitative estimate of drug-likeness (QED) is 0.592. The molecule has 1 saturated heterocycles. The highest BCUT2D eigenvalue weighted by Crippen LogP contribution is 2.26. The SMILES string of the molecule is Cc1noc(-c2cccc(OC3CN(C(=O)c4cccc5[nH]ccc45)C3)c2)n1. The first-order valence-corrected chi connectivity index (χ1v) is 9.10. The van der Waals surface area contributed by atoms with Crippen LogP contribution in [0.3, 0.4) is 0 Å². The van der Waals surface area contributed by atoms with Gasteiger partial charge in [-0.05, 0) is 43.3 Å². The van der Waals surface area contributed by atoms with Gasteiger partial charge in [-0.25, -0.2) is 0 Å². The topological polar surface area (TPSA) is 84.3 Å². The first-order valence-electron chi connectivity index (χ1n) is 9.10. The summed E-state index contributed by atoms with van der Waals surface area (Å²) in [5.74, 6) is 1.80. The number of rotatable bonds is 4. The maximum Gasteiger partial charge on any atom is 0.258 e. The highest BCUT2D eigenvalue weighted by Gasteiger charge is 2.33. The van der Waals surface area contributed by atoms with Crippen molar-refractivity contribution in [1.29, 1.82) is 0 Å². The number of ether oxygens (including phenoxy) is 1. The summed E-state index contributed by atoms with van der Waals surface area (Å²) >= 11 is 0. The molecule has 28 heavy (non-hydrogen) atoms. The van der Waals surface area contributed by atoms with Crippen molar-refractivity contribution in [2.75, 3.05) is 13.1 Å². The summed E-state index contributed by atoms with van der Waals surface area (Å²) in [6.45, 7) is 2.90. The lowest BCUT2D eigenvalue weighted by atomic mass is 10.1. The van der Waals surface area contributed by atoms with Gasteiger partial charge in [0.05, 0.1) is 13.1 Å². The molecule has 0 saturated carbocycles. The molecule has 1 amide bonds. The van der Waals surface area contributed by atoms with Crippen LogP contribution < -0.4 is 4.74 Å². The van der Waals surface area contributed by atoms with E-state index >= 15 is 0 Å². The number of aromatic nitrogens is 3. The summed E-state index contributed by atoms with van der Waals surface area (Å²) in [4.78, 5) is 22.0. The largest absolute Gasteiger partial charge is 0.487 e. The van der Waals surface area contributed by atoms with Gasteiger partial charge < -0.3 is 19.1 Å². The van der Waals surface area contributed by atoms with E-state index in [9.17, 15) is 4.79 Å². The van der Waals surface area contributed by atoms with Crippen LogP contribution in [0.2, 0.25) is 0 Å². The van der Waals surface area contributed by atoms with E-state index in [1.54, 1.807) is 11.8 Å². The maximum absolute atomic E-state index is 12.8. The minimum Gasteiger partial charge on any atom is -0.487 e. The van der Waals surface area contributed by atoms with Crippen molar-refractivity contribution >= 4 is 16.8 Å². The molecule has 0 bridgehead atoms. The van der Waals surface area contributed by atoms with Crippen LogP contribution in [0.15, 0.2) is 59.3 Å². The van der Waals surface area contributed by atoms with Gasteiger partial charge in [0.2, 0.25) is 0 Å². The van der Waals surface area contributed by atoms with Crippen LogP contribution in [-0.2, 0) is 0 Å². The lowest BCUT2D eigenvalue weighted by Gasteiger charge is -2.39. The Kier molecular flexibility index (Phi) is 3.86. The van der Waals surface area contributed by atoms with Crippen molar-refractivity contribution in [3.63, 3.8) is 0 Å². The molecule has 0 unspecified atom stereocenters. The van der Waals surface area contributed by atoms with Gasteiger partial charge in [-0.2, -0.15) is 4.98 Å². The lowest BCUT2D eigenvalue weighted by molar-refractivity contribution is 0.0179. The van der Waals surface area contributed by atoms with E-state index in [0.717, 1.165) is 22.2 Å². The zero-order valence-corrected chi connectivity index (χ0v) is 15.3. The molecule has 7 heteroatoms. The van der Waals surface area contributed by atoms with Gasteiger partial charge in [-0.3, -0.25) is 4.79 Å². The van der Waals surface area contributed by atoms with Crippen LogP contribution in [-0.4, -0.2) is 45.1 Å². The Balaban J connectivity index is 1.25. The van der Waals surface area contributed by atoms with Crippen molar-refractivity contribution in [2.45, 2.75) is 13.0 Å². The average Bonchev–Trinajstić information content (AvgIpc) is 3.32. The van der Waals surface area contributed by atoms with E-state index in [1.807, 2.05) is 54.7 Å². The monoisotopic (exact) mass is 374 g/mol. The number of hydrogen-bond donors (Lipinski definition) is 1. The third-order valence-corrected chi connectivity index (χ3v) is 4.87. The molecule has 2 aromatic carbocycles. The number of aryl methyl sites for hydroxylation is 1. The van der Waals surface area contributed by atoms with Crippen LogP contribution >= 0.6 is 0 Å². The number of benzene rings is 2. The van der Waals surface area contributed by atoms with Gasteiger partial charge in [0.15, 0.2) is 5.82 Å². The molecule has 2 aromatic heterocycles. The van der Waals surface area contributed by atoms with Gasteiger partial charge in [0.25, 0.3) is 11.8 Å². The number of nitrogens with one attached hydrogen (secondary N) is 1. The van der Waals surface area contributed by atoms with E-state index in [-0.39, 0.29) is 12.0 Å². The molecule has 1 aliphatic rings. The van der Waals surface area contributed by atoms with E-state index in [0.29, 0.717) is 30.4 Å². The Morgan fingerprint density at radius 2 is 2.07 bits per heavy atom. The minimum absolute atomic E-state index is 0.0279. The molecular formula is C21H18N4O3. The fourth-order valence-corrected chi connectivity index (χ4v) is 3.43. The average molecular weight is 374 g/mol. The Morgan fingerprint density at radius 3 is 2.89 bits per heavy atom. The first-order chi connectivity index (χ1) is 13.7. The molecule has 1 fully saturated rings. The third kappa shape index (κ3) is 2.90. The second kappa shape index (κ2) is 6.53. The standard InChI is InChI=1S/C21H18N4O3/c1-13-23-20(28-24-13)14-4-2-5-15(10-14)27-16-11-25(12-16)21(26)18-6-3-7-19-17(18)8-9-22-19/h2-10,16,22H,11-12H2,1H3. The summed E-state index contributed by atoms with van der Waals surface area (Å²) in [5.41, 5.74) is 2.49. The zero-order chi connectivity index (χ0) is 19.1. The maximum atomic E-state index is 12.8. The number of fused-ring (bicyclic) bond motifs is 1. The van der Waals surface area contributed by atoms with Crippen LogP contribution in [0.25, 0.3) is 22.4 Å². The Labute approximate surface area is 160 Å². The number of aromatic amines is 1. The molecule has 5 rings (SSSR count). The predicted molar refractivity (Wildman–Crippen MR) is 103 cm³/mol. The Bertz CT molecular complexity index is 1160. The van der Waals surface area contributed by atoms with E-state index in [2.05, 4.69) is 15.1 Å². The smallest absolute Gasteiger partial charge is 0.258 e. The van der Waals surface area contributed by atoms with Crippen LogP contribution in [0, 0.1) is 6.92 Å². The molecular weight excluding hydrogens is 356 g/mol. The molecule has 0 radical (unpaired) electrons. The van der Waals surface area contributed by atoms with Crippen molar-refractivity contribution in [1.82, 2.24) is 20.0 Å². The summed E-state index contributed by atoms with van der Waals surface area (Å²) < 4.78 is 11.2. The summed E-state index contributed by atoms with van der Waals surface area (Å²) in [6.07, 6.45) is 1.82. The molecule has 3 heterocycles. The second-order valence-corrected chi connectivity index (χ2v) is 6.87. The van der Waals surface area contributed by atoms with Crippen molar-refractivity contribution in [2.24, 2.45) is 0 Å². The number of carbonyl (C=O) groups excluding carboxylic acids is 1. The fraction of sp³-hybridized carbons (Fsp3) is 0.190. The molecule has 4 aromatic rings. The van der Waals surface area contributed by atoms with Gasteiger partial charge in [0, 0.05) is 28.2 Å². The number of nitrogens with zero attached hydrogens (tertiary/aromatic N) is 3. The summed E-state index contributed by atoms with van der Waals surface area (Å²) in [7, 11) is 0. The molecule has 1 N–H and O–H groups in total. The Hall–Kier alpha value is -3.61. The molecule has 1 aliphatic heterocycles. The normalized spacial score (nSPS) is 14.2. The highest BCUT2D eigenvalue weighted by atomic mass is 16.5. The van der Waals surface area contributed by atoms with Crippen LogP contribution in [0.1, 0.15) is 16.2 Å². The predicted octanol–water partition coefficient (Wildman–Crippen LogP) is 3.43. The van der Waals surface area contributed by atoms with Gasteiger partial charge in [-0.1, -0.05) is 17.3 Å². The van der Waals surface area contributed by atoms with E-state index < -0.39 is 0 Å². The highest BCUT2D eigenvalue weighted by molar-refractivity contribution is 6.06. The number of H-pyrrole nitrogens is 1. The third-order valence-electron chi connectivity index (χ3n) is 4.87. The number of carbonyl (C=O) groups is 1. The summed E-state index contributed by atoms with van der Waals surface area (Å²) in [5, 5.41) is 4.76. The van der Waals surface area contributed by atoms with E-state index in [1.165, 1.54) is 0 Å². The van der Waals surface area contributed by atoms with Crippen molar-refractivity contribution in [3.05, 3.63) is 66.1 Å². The van der Waals surface area contributed by atoms with Crippen molar-refractivity contribution < 1.29 is 14.1 Å². The molecule has 0 spiro atoms. The van der Waals surface area contributed by atoms with E-state index in [4.69, 9.17) is 9.26 Å². The lowest BCUT2D eigenvalue weighted by Crippen LogP contribution is -2.56. The number of hydrogen-bond acceptors (Lipinski definition) is 5. The fourth-order valence-electron chi connectivity index (χ4n) is 3.43. The first kappa shape index (κ1) is 16.6. The minimum atomic E-state index is -0.0333. The van der Waals surface area contributed by atoms with Crippen LogP contribution in [0.5, 0.6) is 5.75 Å². The number of likely N-dealkylation sites (tertiary alicyclic amines) is 1. The molecule has 7 nitrogen and oxygen atoms in total. The zero-order valence-electron chi connectivity index (χ0n) is 15.3. The van der Waals surface area contributed by atoms with Gasteiger partial charge >= 0.3 is 0 Å². The second-order valence-electron chi connectivity index (χ2n) is 6.87. The van der Waals surface area contributed by atoms with Gasteiger partial charge in [-0.15, -0.1) is 0 Å². The number of amides is 1. The Morgan fingerprint density at radius 1 is 1.21 bits per heavy atom.